The first kappa shape index (κ1) is 21.7. The van der Waals surface area contributed by atoms with Crippen molar-refractivity contribution in [3.63, 3.8) is 0 Å². The SMILES string of the molecule is CC(C)(CO)[C@@H](O)C(=O)NCCC(=O)C(=O)CCc1cccc2ccccc12. The normalized spacial score (nSPS) is 12.6. The Balaban J connectivity index is 1.82. The zero-order valence-corrected chi connectivity index (χ0v) is 16.3. The Morgan fingerprint density at radius 3 is 2.36 bits per heavy atom. The van der Waals surface area contributed by atoms with Crippen molar-refractivity contribution in [1.29, 1.82) is 0 Å². The van der Waals surface area contributed by atoms with Crippen LogP contribution < -0.4 is 5.32 Å². The topological polar surface area (TPSA) is 104 Å². The molecule has 0 bridgehead atoms. The van der Waals surface area contributed by atoms with Gasteiger partial charge in [0, 0.05) is 24.8 Å². The van der Waals surface area contributed by atoms with Crippen molar-refractivity contribution < 1.29 is 24.6 Å². The van der Waals surface area contributed by atoms with Gasteiger partial charge in [0.2, 0.25) is 5.91 Å². The Kier molecular flexibility index (Phi) is 7.43. The second-order valence-electron chi connectivity index (χ2n) is 7.57. The monoisotopic (exact) mass is 385 g/mol. The standard InChI is InChI=1S/C22H27NO5/c1-22(2,14-24)20(27)21(28)23-13-12-19(26)18(25)11-10-16-8-5-7-15-6-3-4-9-17(15)16/h3-9,20,24,27H,10-14H2,1-2H3,(H,23,28)/t20-/m0/s1. The van der Waals surface area contributed by atoms with E-state index in [0.717, 1.165) is 16.3 Å². The molecule has 0 saturated carbocycles. The highest BCUT2D eigenvalue weighted by atomic mass is 16.3. The van der Waals surface area contributed by atoms with Crippen molar-refractivity contribution in [1.82, 2.24) is 5.32 Å². The molecule has 0 saturated heterocycles. The number of amides is 1. The Morgan fingerprint density at radius 2 is 1.64 bits per heavy atom. The van der Waals surface area contributed by atoms with E-state index in [1.165, 1.54) is 0 Å². The number of carbonyl (C=O) groups excluding carboxylic acids is 3. The van der Waals surface area contributed by atoms with Crippen LogP contribution in [0.4, 0.5) is 0 Å². The summed E-state index contributed by atoms with van der Waals surface area (Å²) in [7, 11) is 0. The van der Waals surface area contributed by atoms with Gasteiger partial charge in [-0.15, -0.1) is 0 Å². The highest BCUT2D eigenvalue weighted by Crippen LogP contribution is 2.20. The van der Waals surface area contributed by atoms with Crippen LogP contribution in [0.2, 0.25) is 0 Å². The molecule has 0 aliphatic rings. The quantitative estimate of drug-likeness (QED) is 0.541. The van der Waals surface area contributed by atoms with E-state index in [1.54, 1.807) is 13.8 Å². The van der Waals surface area contributed by atoms with Crippen molar-refractivity contribution in [3.05, 3.63) is 48.0 Å². The number of nitrogens with one attached hydrogen (secondary N) is 1. The van der Waals surface area contributed by atoms with Crippen molar-refractivity contribution >= 4 is 28.2 Å². The summed E-state index contributed by atoms with van der Waals surface area (Å²) in [5, 5.41) is 23.7. The lowest BCUT2D eigenvalue weighted by atomic mass is 9.87. The van der Waals surface area contributed by atoms with Gasteiger partial charge in [0.1, 0.15) is 6.10 Å². The molecule has 0 spiro atoms. The Hall–Kier alpha value is -2.57. The number of fused-ring (bicyclic) bond motifs is 1. The summed E-state index contributed by atoms with van der Waals surface area (Å²) in [6.07, 6.45) is -0.927. The number of aliphatic hydroxyl groups excluding tert-OH is 2. The molecule has 0 fully saturated rings. The minimum Gasteiger partial charge on any atom is -0.396 e. The van der Waals surface area contributed by atoms with Crippen molar-refractivity contribution in [2.24, 2.45) is 5.41 Å². The maximum atomic E-state index is 12.1. The van der Waals surface area contributed by atoms with E-state index in [1.807, 2.05) is 42.5 Å². The molecular formula is C22H27NO5. The molecule has 0 heterocycles. The summed E-state index contributed by atoms with van der Waals surface area (Å²) in [6.45, 7) is 2.72. The van der Waals surface area contributed by atoms with E-state index in [4.69, 9.17) is 0 Å². The van der Waals surface area contributed by atoms with Crippen molar-refractivity contribution in [2.45, 2.75) is 39.2 Å². The highest BCUT2D eigenvalue weighted by Gasteiger charge is 2.32. The van der Waals surface area contributed by atoms with Gasteiger partial charge >= 0.3 is 0 Å². The highest BCUT2D eigenvalue weighted by molar-refractivity contribution is 6.37. The molecule has 1 atom stereocenters. The molecule has 0 radical (unpaired) electrons. The Labute approximate surface area is 164 Å². The second kappa shape index (κ2) is 9.57. The first-order chi connectivity index (χ1) is 13.3. The van der Waals surface area contributed by atoms with Crippen molar-refractivity contribution in [2.75, 3.05) is 13.2 Å². The number of aliphatic hydroxyl groups is 2. The first-order valence-electron chi connectivity index (χ1n) is 9.35. The fourth-order valence-electron chi connectivity index (χ4n) is 2.87. The number of rotatable bonds is 10. The number of aryl methyl sites for hydroxylation is 1. The van der Waals surface area contributed by atoms with Crippen LogP contribution >= 0.6 is 0 Å². The third-order valence-corrected chi connectivity index (χ3v) is 4.86. The fourth-order valence-corrected chi connectivity index (χ4v) is 2.87. The molecule has 28 heavy (non-hydrogen) atoms. The van der Waals surface area contributed by atoms with Gasteiger partial charge < -0.3 is 15.5 Å². The predicted octanol–water partition coefficient (Wildman–Crippen LogP) is 1.80. The van der Waals surface area contributed by atoms with Crippen LogP contribution in [0.1, 0.15) is 32.3 Å². The number of hydrogen-bond acceptors (Lipinski definition) is 5. The number of hydrogen-bond donors (Lipinski definition) is 3. The van der Waals surface area contributed by atoms with Gasteiger partial charge in [-0.25, -0.2) is 0 Å². The average Bonchev–Trinajstić information content (AvgIpc) is 2.70. The maximum Gasteiger partial charge on any atom is 0.249 e. The van der Waals surface area contributed by atoms with Crippen LogP contribution in [0, 0.1) is 5.41 Å². The zero-order chi connectivity index (χ0) is 20.7. The molecule has 0 unspecified atom stereocenters. The summed E-state index contributed by atoms with van der Waals surface area (Å²) in [5.74, 6) is -1.69. The third kappa shape index (κ3) is 5.47. The summed E-state index contributed by atoms with van der Waals surface area (Å²) in [4.78, 5) is 36.0. The van der Waals surface area contributed by atoms with Crippen molar-refractivity contribution in [3.8, 4) is 0 Å². The summed E-state index contributed by atoms with van der Waals surface area (Å²) in [6, 6.07) is 13.8. The van der Waals surface area contributed by atoms with Gasteiger partial charge in [-0.3, -0.25) is 14.4 Å². The zero-order valence-electron chi connectivity index (χ0n) is 16.3. The van der Waals surface area contributed by atoms with E-state index in [9.17, 15) is 24.6 Å². The first-order valence-corrected chi connectivity index (χ1v) is 9.35. The summed E-state index contributed by atoms with van der Waals surface area (Å²) < 4.78 is 0. The number of Topliss-reactive ketones (excluding diaryl/α,β-unsaturated/α-hetero) is 2. The average molecular weight is 385 g/mol. The van der Waals surface area contributed by atoms with Gasteiger partial charge in [0.05, 0.1) is 6.61 Å². The predicted molar refractivity (Wildman–Crippen MR) is 107 cm³/mol. The molecule has 6 heteroatoms. The van der Waals surface area contributed by atoms with Crippen LogP contribution in [0.25, 0.3) is 10.8 Å². The Morgan fingerprint density at radius 1 is 1.00 bits per heavy atom. The van der Waals surface area contributed by atoms with Crippen LogP contribution in [-0.2, 0) is 20.8 Å². The molecule has 0 aliphatic heterocycles. The molecule has 3 N–H and O–H groups in total. The lowest BCUT2D eigenvalue weighted by molar-refractivity contribution is -0.138. The molecule has 0 aromatic heterocycles. The third-order valence-electron chi connectivity index (χ3n) is 4.86. The van der Waals surface area contributed by atoms with Crippen LogP contribution in [-0.4, -0.2) is 46.9 Å². The molecular weight excluding hydrogens is 358 g/mol. The molecule has 1 amide bonds. The van der Waals surface area contributed by atoms with Crippen LogP contribution in [0.5, 0.6) is 0 Å². The molecule has 2 rings (SSSR count). The largest absolute Gasteiger partial charge is 0.396 e. The van der Waals surface area contributed by atoms with E-state index >= 15 is 0 Å². The van der Waals surface area contributed by atoms with E-state index in [-0.39, 0.29) is 26.0 Å². The van der Waals surface area contributed by atoms with Gasteiger partial charge in [0.15, 0.2) is 11.6 Å². The van der Waals surface area contributed by atoms with E-state index in [0.29, 0.717) is 6.42 Å². The smallest absolute Gasteiger partial charge is 0.249 e. The second-order valence-corrected chi connectivity index (χ2v) is 7.57. The molecule has 2 aromatic carbocycles. The summed E-state index contributed by atoms with van der Waals surface area (Å²) >= 11 is 0. The molecule has 2 aromatic rings. The van der Waals surface area contributed by atoms with Gasteiger partial charge in [0.25, 0.3) is 0 Å². The molecule has 150 valence electrons. The van der Waals surface area contributed by atoms with E-state index in [2.05, 4.69) is 5.32 Å². The van der Waals surface area contributed by atoms with Crippen LogP contribution in [0.15, 0.2) is 42.5 Å². The Bertz CT molecular complexity index is 854. The van der Waals surface area contributed by atoms with E-state index < -0.39 is 29.0 Å². The van der Waals surface area contributed by atoms with Crippen LogP contribution in [0.3, 0.4) is 0 Å². The fraction of sp³-hybridized carbons (Fsp3) is 0.409. The van der Waals surface area contributed by atoms with Gasteiger partial charge in [-0.05, 0) is 22.8 Å². The lowest BCUT2D eigenvalue weighted by Crippen LogP contribution is -2.46. The minimum atomic E-state index is -1.39. The maximum absolute atomic E-state index is 12.1. The number of benzene rings is 2. The number of carbonyl (C=O) groups is 3. The van der Waals surface area contributed by atoms with Gasteiger partial charge in [-0.1, -0.05) is 56.3 Å². The molecule has 6 nitrogen and oxygen atoms in total. The number of ketones is 2. The van der Waals surface area contributed by atoms with Gasteiger partial charge in [-0.2, -0.15) is 0 Å². The minimum absolute atomic E-state index is 0.0315. The lowest BCUT2D eigenvalue weighted by Gasteiger charge is -2.27. The summed E-state index contributed by atoms with van der Waals surface area (Å²) in [5.41, 5.74) is 0.0319. The molecule has 0 aliphatic carbocycles.